The zero-order valence-corrected chi connectivity index (χ0v) is 27.8. The van der Waals surface area contributed by atoms with Gasteiger partial charge in [0, 0.05) is 38.8 Å². The van der Waals surface area contributed by atoms with E-state index in [1.165, 1.54) is 99.9 Å². The van der Waals surface area contributed by atoms with E-state index in [0.29, 0.717) is 0 Å². The van der Waals surface area contributed by atoms with E-state index in [-0.39, 0.29) is 12.3 Å². The Morgan fingerprint density at radius 1 is 0.571 bits per heavy atom. The molecular weight excluding hydrogens is 591 g/mol. The lowest BCUT2D eigenvalue weighted by Crippen LogP contribution is -2.60. The molecule has 0 fully saturated rings. The molecule has 0 bridgehead atoms. The van der Waals surface area contributed by atoms with E-state index in [0.717, 1.165) is 0 Å². The van der Waals surface area contributed by atoms with Gasteiger partial charge in [-0.3, -0.25) is 0 Å². The average Bonchev–Trinajstić information content (AvgIpc) is 3.61. The number of hydrogen-bond donors (Lipinski definition) is 0. The van der Waals surface area contributed by atoms with Crippen LogP contribution in [0.4, 0.5) is 11.4 Å². The summed E-state index contributed by atoms with van der Waals surface area (Å²) in [6, 6.07) is 54.5. The number of aryl methyl sites for hydroxylation is 1. The first-order valence-electron chi connectivity index (χ1n) is 17.4. The number of hydrogen-bond acceptors (Lipinski definition) is 1. The molecule has 7 aromatic carbocycles. The molecule has 0 radical (unpaired) electrons. The van der Waals surface area contributed by atoms with Gasteiger partial charge in [0.1, 0.15) is 0 Å². The maximum absolute atomic E-state index is 2.64. The van der Waals surface area contributed by atoms with Crippen LogP contribution in [0.2, 0.25) is 0 Å². The van der Waals surface area contributed by atoms with Gasteiger partial charge in [-0.2, -0.15) is 0 Å². The molecule has 1 aliphatic carbocycles. The van der Waals surface area contributed by atoms with Gasteiger partial charge in [0.05, 0.1) is 11.0 Å². The van der Waals surface area contributed by atoms with Crippen molar-refractivity contribution in [2.75, 3.05) is 4.81 Å². The van der Waals surface area contributed by atoms with Crippen molar-refractivity contribution in [2.24, 2.45) is 0 Å². The van der Waals surface area contributed by atoms with Gasteiger partial charge in [0.25, 0.3) is 0 Å². The molecule has 0 atom stereocenters. The summed E-state index contributed by atoms with van der Waals surface area (Å²) in [5, 5.41) is 2.65. The Labute approximate surface area is 287 Å². The minimum absolute atomic E-state index is 0.0104. The van der Waals surface area contributed by atoms with E-state index in [9.17, 15) is 0 Å². The Bertz CT molecular complexity index is 2720. The van der Waals surface area contributed by atoms with E-state index >= 15 is 0 Å². The van der Waals surface area contributed by atoms with Crippen molar-refractivity contribution >= 4 is 51.0 Å². The highest BCUT2D eigenvalue weighted by molar-refractivity contribution is 6.93. The van der Waals surface area contributed by atoms with Gasteiger partial charge in [0.15, 0.2) is 0 Å². The highest BCUT2D eigenvalue weighted by Gasteiger charge is 2.48. The summed E-state index contributed by atoms with van der Waals surface area (Å²) in [4.78, 5) is 2.64. The van der Waals surface area contributed by atoms with Crippen LogP contribution in [-0.4, -0.2) is 11.4 Å². The Kier molecular flexibility index (Phi) is 5.23. The zero-order valence-electron chi connectivity index (χ0n) is 27.8. The van der Waals surface area contributed by atoms with E-state index in [4.69, 9.17) is 0 Å². The van der Waals surface area contributed by atoms with Crippen LogP contribution < -0.4 is 15.7 Å². The first kappa shape index (κ1) is 27.2. The molecule has 11 rings (SSSR count). The monoisotopic (exact) mass is 624 g/mol. The fraction of sp³-hybridized carbons (Fsp3) is 0.0870. The van der Waals surface area contributed by atoms with Crippen LogP contribution in [0.3, 0.4) is 0 Å². The van der Waals surface area contributed by atoms with Gasteiger partial charge < -0.3 is 9.38 Å². The first-order valence-corrected chi connectivity index (χ1v) is 17.4. The molecule has 3 heterocycles. The van der Waals surface area contributed by atoms with Crippen molar-refractivity contribution in [3.8, 4) is 39.1 Å². The summed E-state index contributed by atoms with van der Waals surface area (Å²) >= 11 is 0. The van der Waals surface area contributed by atoms with E-state index in [1.807, 2.05) is 0 Å². The summed E-state index contributed by atoms with van der Waals surface area (Å²) in [5.74, 6) is 0. The maximum atomic E-state index is 2.64. The quantitative estimate of drug-likeness (QED) is 0.174. The SMILES string of the molecule is Cc1ccccc1-c1cc2c3c4c1c1ccccc1n4-c1ccccc1B3N(c1ccccc1)c1ccc3c(c1-2)C(C)(C)c1ccccc1-3. The second kappa shape index (κ2) is 9.42. The normalized spacial score (nSPS) is 14.5. The molecule has 8 aromatic rings. The van der Waals surface area contributed by atoms with Crippen LogP contribution >= 0.6 is 0 Å². The summed E-state index contributed by atoms with van der Waals surface area (Å²) in [6.45, 7) is 7.12. The summed E-state index contributed by atoms with van der Waals surface area (Å²) in [6.07, 6.45) is 0. The van der Waals surface area contributed by atoms with Gasteiger partial charge >= 0.3 is 6.85 Å². The number of aromatic nitrogens is 1. The Balaban J connectivity index is 1.40. The molecule has 3 heteroatoms. The molecule has 0 saturated heterocycles. The van der Waals surface area contributed by atoms with Crippen molar-refractivity contribution < 1.29 is 0 Å². The standard InChI is InChI=1S/C46H33BN2/c1-28-15-7-8-18-30(28)34-27-35-42-40(26-25-32-31-19-9-11-21-36(31)46(2,3)43(32)42)49(29-16-5-4-6-17-29)47-37-22-12-14-24-39(37)48-38-23-13-10-20-33(38)41(34)45(48)44(35)47/h4-27H,1-3H3. The maximum Gasteiger partial charge on any atom is 0.333 e. The fourth-order valence-corrected chi connectivity index (χ4v) is 9.71. The van der Waals surface area contributed by atoms with Crippen LogP contribution in [0, 0.1) is 6.92 Å². The van der Waals surface area contributed by atoms with Crippen LogP contribution in [0.1, 0.15) is 30.5 Å². The largest absolute Gasteiger partial charge is 0.376 e. The number of fused-ring (bicyclic) bond motifs is 12. The zero-order chi connectivity index (χ0) is 32.6. The van der Waals surface area contributed by atoms with E-state index in [2.05, 4.69) is 176 Å². The van der Waals surface area contributed by atoms with Crippen LogP contribution in [-0.2, 0) is 5.41 Å². The Morgan fingerprint density at radius 2 is 1.29 bits per heavy atom. The highest BCUT2D eigenvalue weighted by atomic mass is 15.1. The first-order chi connectivity index (χ1) is 24.0. The van der Waals surface area contributed by atoms with E-state index < -0.39 is 0 Å². The molecular formula is C46H33BN2. The number of benzene rings is 7. The predicted octanol–water partition coefficient (Wildman–Crippen LogP) is 10.3. The van der Waals surface area contributed by atoms with Gasteiger partial charge in [-0.25, -0.2) is 0 Å². The lowest BCUT2D eigenvalue weighted by molar-refractivity contribution is 0.662. The molecule has 230 valence electrons. The summed E-state index contributed by atoms with van der Waals surface area (Å²) in [7, 11) is 0. The molecule has 0 amide bonds. The molecule has 1 aromatic heterocycles. The smallest absolute Gasteiger partial charge is 0.333 e. The average molecular weight is 625 g/mol. The van der Waals surface area contributed by atoms with Gasteiger partial charge in [-0.05, 0) is 98.8 Å². The number of para-hydroxylation sites is 3. The second-order valence-electron chi connectivity index (χ2n) is 14.5. The number of rotatable bonds is 2. The van der Waals surface area contributed by atoms with Crippen molar-refractivity contribution in [2.45, 2.75) is 26.2 Å². The van der Waals surface area contributed by atoms with Crippen molar-refractivity contribution in [1.29, 1.82) is 0 Å². The topological polar surface area (TPSA) is 8.17 Å². The summed E-state index contributed by atoms with van der Waals surface area (Å²) in [5.41, 5.74) is 21.1. The predicted molar refractivity (Wildman–Crippen MR) is 208 cm³/mol. The molecule has 0 spiro atoms. The van der Waals surface area contributed by atoms with Crippen LogP contribution in [0.25, 0.3) is 60.9 Å². The van der Waals surface area contributed by atoms with Crippen LogP contribution in [0.15, 0.2) is 146 Å². The molecule has 0 N–H and O–H groups in total. The number of anilines is 2. The van der Waals surface area contributed by atoms with Crippen molar-refractivity contribution in [3.63, 3.8) is 0 Å². The van der Waals surface area contributed by atoms with Gasteiger partial charge in [0.2, 0.25) is 0 Å². The molecule has 2 aliphatic heterocycles. The molecule has 2 nitrogen and oxygen atoms in total. The third-order valence-corrected chi connectivity index (χ3v) is 11.7. The van der Waals surface area contributed by atoms with Gasteiger partial charge in [-0.15, -0.1) is 0 Å². The number of nitrogens with zero attached hydrogens (tertiary/aromatic N) is 2. The summed E-state index contributed by atoms with van der Waals surface area (Å²) < 4.78 is 2.58. The lowest BCUT2D eigenvalue weighted by atomic mass is 9.43. The van der Waals surface area contributed by atoms with Gasteiger partial charge in [-0.1, -0.05) is 123 Å². The minimum Gasteiger partial charge on any atom is -0.376 e. The molecule has 0 saturated carbocycles. The minimum atomic E-state index is -0.170. The molecule has 0 unspecified atom stereocenters. The third-order valence-electron chi connectivity index (χ3n) is 11.7. The lowest BCUT2D eigenvalue weighted by Gasteiger charge is -2.43. The molecule has 3 aliphatic rings. The molecule has 49 heavy (non-hydrogen) atoms. The Hall–Kier alpha value is -5.80. The van der Waals surface area contributed by atoms with E-state index in [1.54, 1.807) is 0 Å². The van der Waals surface area contributed by atoms with Crippen molar-refractivity contribution in [3.05, 3.63) is 162 Å². The Morgan fingerprint density at radius 3 is 2.14 bits per heavy atom. The third kappa shape index (κ3) is 3.33. The van der Waals surface area contributed by atoms with Crippen molar-refractivity contribution in [1.82, 2.24) is 4.57 Å². The second-order valence-corrected chi connectivity index (χ2v) is 14.5. The fourth-order valence-electron chi connectivity index (χ4n) is 9.71. The van der Waals surface area contributed by atoms with Crippen LogP contribution in [0.5, 0.6) is 0 Å². The highest BCUT2D eigenvalue weighted by Crippen LogP contribution is 2.57.